The molecule has 3 aromatic rings. The first kappa shape index (κ1) is 14.6. The van der Waals surface area contributed by atoms with Crippen molar-refractivity contribution in [3.8, 4) is 34.3 Å². The molecule has 5 heteroatoms. The van der Waals surface area contributed by atoms with Crippen LogP contribution in [-0.4, -0.2) is 14.8 Å². The highest BCUT2D eigenvalue weighted by atomic mass is 16.5. The third-order valence-electron chi connectivity index (χ3n) is 4.75. The SMILES string of the molecule is Cc1noc(C)c1-c1c(-c2ccc(O)cc2)c2c(n1C#N)CCC2. The van der Waals surface area contributed by atoms with Crippen molar-refractivity contribution >= 4 is 0 Å². The van der Waals surface area contributed by atoms with Crippen molar-refractivity contribution in [1.29, 1.82) is 5.26 Å². The van der Waals surface area contributed by atoms with Gasteiger partial charge in [0.2, 0.25) is 0 Å². The Kier molecular flexibility index (Phi) is 3.20. The van der Waals surface area contributed by atoms with E-state index >= 15 is 0 Å². The number of rotatable bonds is 2. The number of nitrogens with zero attached hydrogens (tertiary/aromatic N) is 3. The highest BCUT2D eigenvalue weighted by Gasteiger charge is 2.30. The summed E-state index contributed by atoms with van der Waals surface area (Å²) >= 11 is 0. The van der Waals surface area contributed by atoms with E-state index in [0.29, 0.717) is 5.76 Å². The zero-order valence-electron chi connectivity index (χ0n) is 13.6. The van der Waals surface area contributed by atoms with Gasteiger partial charge in [0.25, 0.3) is 0 Å². The highest BCUT2D eigenvalue weighted by Crippen LogP contribution is 2.44. The van der Waals surface area contributed by atoms with Crippen molar-refractivity contribution in [2.45, 2.75) is 33.1 Å². The van der Waals surface area contributed by atoms with Gasteiger partial charge >= 0.3 is 0 Å². The summed E-state index contributed by atoms with van der Waals surface area (Å²) in [5, 5.41) is 23.5. The maximum absolute atomic E-state index is 9.79. The van der Waals surface area contributed by atoms with Crippen LogP contribution in [0.15, 0.2) is 28.8 Å². The van der Waals surface area contributed by atoms with Crippen molar-refractivity contribution in [2.24, 2.45) is 0 Å². The Labute approximate surface area is 139 Å². The molecule has 0 amide bonds. The third-order valence-corrected chi connectivity index (χ3v) is 4.75. The van der Waals surface area contributed by atoms with Gasteiger partial charge in [-0.3, -0.25) is 4.57 Å². The van der Waals surface area contributed by atoms with E-state index in [-0.39, 0.29) is 5.75 Å². The molecule has 0 spiro atoms. The minimum atomic E-state index is 0.231. The predicted molar refractivity (Wildman–Crippen MR) is 89.5 cm³/mol. The third kappa shape index (κ3) is 1.96. The molecule has 0 radical (unpaired) electrons. The molecule has 0 bridgehead atoms. The van der Waals surface area contributed by atoms with Crippen molar-refractivity contribution in [3.05, 3.63) is 47.0 Å². The van der Waals surface area contributed by atoms with Crippen LogP contribution >= 0.6 is 0 Å². The number of phenols is 1. The van der Waals surface area contributed by atoms with Crippen LogP contribution in [0, 0.1) is 25.3 Å². The Bertz CT molecular complexity index is 952. The van der Waals surface area contributed by atoms with E-state index in [1.807, 2.05) is 26.0 Å². The van der Waals surface area contributed by atoms with E-state index < -0.39 is 0 Å². The first-order valence-electron chi connectivity index (χ1n) is 8.01. The van der Waals surface area contributed by atoms with Gasteiger partial charge in [-0.15, -0.1) is 0 Å². The number of hydrogen-bond acceptors (Lipinski definition) is 4. The summed E-state index contributed by atoms with van der Waals surface area (Å²) in [7, 11) is 0. The van der Waals surface area contributed by atoms with Gasteiger partial charge in [0, 0.05) is 11.3 Å². The molecule has 0 fully saturated rings. The smallest absolute Gasteiger partial charge is 0.189 e. The number of aryl methyl sites for hydroxylation is 2. The molecular formula is C19H17N3O2. The van der Waals surface area contributed by atoms with Gasteiger partial charge in [0.05, 0.1) is 17.0 Å². The number of hydrogen-bond donors (Lipinski definition) is 1. The molecule has 5 nitrogen and oxygen atoms in total. The van der Waals surface area contributed by atoms with Crippen LogP contribution in [0.4, 0.5) is 0 Å². The molecule has 1 aromatic carbocycles. The Morgan fingerprint density at radius 2 is 1.92 bits per heavy atom. The van der Waals surface area contributed by atoms with Crippen LogP contribution in [0.5, 0.6) is 5.75 Å². The van der Waals surface area contributed by atoms with Gasteiger partial charge in [0.15, 0.2) is 6.19 Å². The standard InChI is InChI=1S/C19H17N3O2/c1-11-17(12(2)24-21-11)19-18(13-6-8-14(23)9-7-13)15-4-3-5-16(15)22(19)10-20/h6-9,23H,3-5H2,1-2H3. The van der Waals surface area contributed by atoms with E-state index in [1.54, 1.807) is 16.7 Å². The number of benzene rings is 1. The monoisotopic (exact) mass is 319 g/mol. The Hall–Kier alpha value is -3.00. The Morgan fingerprint density at radius 3 is 2.54 bits per heavy atom. The molecule has 2 aromatic heterocycles. The van der Waals surface area contributed by atoms with Gasteiger partial charge in [-0.1, -0.05) is 17.3 Å². The molecule has 0 unspecified atom stereocenters. The highest BCUT2D eigenvalue weighted by molar-refractivity contribution is 5.88. The lowest BCUT2D eigenvalue weighted by molar-refractivity contribution is 0.393. The fourth-order valence-electron chi connectivity index (χ4n) is 3.74. The largest absolute Gasteiger partial charge is 0.508 e. The van der Waals surface area contributed by atoms with Crippen molar-refractivity contribution in [3.63, 3.8) is 0 Å². The van der Waals surface area contributed by atoms with Crippen molar-refractivity contribution < 1.29 is 9.63 Å². The minimum absolute atomic E-state index is 0.231. The molecule has 0 saturated heterocycles. The van der Waals surface area contributed by atoms with Crippen LogP contribution < -0.4 is 0 Å². The second-order valence-electron chi connectivity index (χ2n) is 6.18. The first-order chi connectivity index (χ1) is 11.6. The fraction of sp³-hybridized carbons (Fsp3) is 0.263. The molecule has 4 rings (SSSR count). The topological polar surface area (TPSA) is 75.0 Å². The first-order valence-corrected chi connectivity index (χ1v) is 8.01. The minimum Gasteiger partial charge on any atom is -0.508 e. The summed E-state index contributed by atoms with van der Waals surface area (Å²) in [6, 6.07) is 7.15. The maximum Gasteiger partial charge on any atom is 0.189 e. The second kappa shape index (κ2) is 5.27. The van der Waals surface area contributed by atoms with E-state index in [1.165, 1.54) is 5.56 Å². The number of aromatic hydroxyl groups is 1. The molecule has 1 aliphatic carbocycles. The number of fused-ring (bicyclic) bond motifs is 1. The Morgan fingerprint density at radius 1 is 1.17 bits per heavy atom. The van der Waals surface area contributed by atoms with Crippen LogP contribution in [0.1, 0.15) is 29.1 Å². The average Bonchev–Trinajstić information content (AvgIpc) is 3.23. The zero-order valence-corrected chi connectivity index (χ0v) is 13.6. The summed E-state index contributed by atoms with van der Waals surface area (Å²) in [6.07, 6.45) is 5.25. The quantitative estimate of drug-likeness (QED) is 0.776. The molecule has 1 N–H and O–H groups in total. The normalized spacial score (nSPS) is 13.0. The van der Waals surface area contributed by atoms with Crippen LogP contribution in [-0.2, 0) is 12.8 Å². The molecule has 24 heavy (non-hydrogen) atoms. The van der Waals surface area contributed by atoms with Crippen LogP contribution in [0.2, 0.25) is 0 Å². The zero-order chi connectivity index (χ0) is 16.8. The lowest BCUT2D eigenvalue weighted by Crippen LogP contribution is -1.99. The average molecular weight is 319 g/mol. The molecule has 1 aliphatic rings. The predicted octanol–water partition coefficient (Wildman–Crippen LogP) is 3.95. The van der Waals surface area contributed by atoms with E-state index in [4.69, 9.17) is 4.52 Å². The number of nitriles is 1. The van der Waals surface area contributed by atoms with Crippen LogP contribution in [0.25, 0.3) is 22.4 Å². The summed E-state index contributed by atoms with van der Waals surface area (Å²) in [5.41, 5.74) is 6.86. The molecular weight excluding hydrogens is 302 g/mol. The Balaban J connectivity index is 2.09. The fourth-order valence-corrected chi connectivity index (χ4v) is 3.74. The van der Waals surface area contributed by atoms with E-state index in [2.05, 4.69) is 11.3 Å². The summed E-state index contributed by atoms with van der Waals surface area (Å²) in [6.45, 7) is 3.77. The van der Waals surface area contributed by atoms with Gasteiger partial charge < -0.3 is 9.63 Å². The molecule has 0 atom stereocenters. The van der Waals surface area contributed by atoms with Crippen molar-refractivity contribution in [1.82, 2.24) is 9.72 Å². The van der Waals surface area contributed by atoms with Crippen LogP contribution in [0.3, 0.4) is 0 Å². The summed E-state index contributed by atoms with van der Waals surface area (Å²) < 4.78 is 7.08. The molecule has 0 saturated carbocycles. The van der Waals surface area contributed by atoms with E-state index in [9.17, 15) is 10.4 Å². The summed E-state index contributed by atoms with van der Waals surface area (Å²) in [4.78, 5) is 0. The van der Waals surface area contributed by atoms with Gasteiger partial charge in [0.1, 0.15) is 11.5 Å². The van der Waals surface area contributed by atoms with E-state index in [0.717, 1.165) is 53.0 Å². The number of phenolic OH excluding ortho intramolecular Hbond substituents is 1. The van der Waals surface area contributed by atoms with Crippen molar-refractivity contribution in [2.75, 3.05) is 0 Å². The van der Waals surface area contributed by atoms with Gasteiger partial charge in [-0.05, 0) is 56.4 Å². The molecule has 120 valence electrons. The van der Waals surface area contributed by atoms with Gasteiger partial charge in [-0.25, -0.2) is 0 Å². The second-order valence-corrected chi connectivity index (χ2v) is 6.18. The summed E-state index contributed by atoms with van der Waals surface area (Å²) in [5.74, 6) is 0.939. The number of aromatic nitrogens is 2. The van der Waals surface area contributed by atoms with Gasteiger partial charge in [-0.2, -0.15) is 5.26 Å². The lowest BCUT2D eigenvalue weighted by atomic mass is 9.96. The molecule has 2 heterocycles. The lowest BCUT2D eigenvalue weighted by Gasteiger charge is -2.09. The maximum atomic E-state index is 9.79. The molecule has 0 aliphatic heterocycles.